The molecular weight excluding hydrogens is 328 g/mol. The maximum atomic E-state index is 13.1. The number of likely N-dealkylation sites (tertiary alicyclic amines) is 1. The second-order valence-corrected chi connectivity index (χ2v) is 6.80. The number of benzene rings is 1. The topological polar surface area (TPSA) is 71.0 Å². The van der Waals surface area contributed by atoms with Crippen molar-refractivity contribution in [2.75, 3.05) is 6.54 Å². The molecule has 0 radical (unpaired) electrons. The van der Waals surface area contributed by atoms with E-state index in [2.05, 4.69) is 10.1 Å². The summed E-state index contributed by atoms with van der Waals surface area (Å²) < 4.78 is 1.90. The van der Waals surface area contributed by atoms with Gasteiger partial charge in [0.25, 0.3) is 5.91 Å². The Bertz CT molecular complexity index is 961. The fourth-order valence-corrected chi connectivity index (χ4v) is 3.75. The molecule has 6 heteroatoms. The number of para-hydroxylation sites is 1. The van der Waals surface area contributed by atoms with E-state index in [4.69, 9.17) is 0 Å². The van der Waals surface area contributed by atoms with Crippen molar-refractivity contribution in [1.82, 2.24) is 19.7 Å². The van der Waals surface area contributed by atoms with Crippen LogP contribution in [-0.4, -0.2) is 38.2 Å². The number of fused-ring (bicyclic) bond motifs is 1. The standard InChI is InChI=1S/C20H22N4O2/c25-19-14-18(22-17-8-2-1-7-16(17)19)20(26)24-12-4-3-6-15(24)9-13-23-11-5-10-21-23/h1-2,5,7-8,10-11,14-15H,3-4,6,9,12-13H2,(H,22,25)/t15-/m0/s1. The van der Waals surface area contributed by atoms with Crippen LogP contribution in [0.4, 0.5) is 0 Å². The number of carbonyl (C=O) groups is 1. The van der Waals surface area contributed by atoms with Crippen LogP contribution in [0, 0.1) is 0 Å². The molecule has 1 aliphatic rings. The van der Waals surface area contributed by atoms with E-state index in [0.29, 0.717) is 16.6 Å². The van der Waals surface area contributed by atoms with Gasteiger partial charge in [0.05, 0.1) is 0 Å². The maximum absolute atomic E-state index is 13.1. The molecule has 1 atom stereocenters. The number of H-pyrrole nitrogens is 1. The van der Waals surface area contributed by atoms with Gasteiger partial charge in [0, 0.05) is 48.5 Å². The lowest BCUT2D eigenvalue weighted by Gasteiger charge is -2.35. The molecule has 0 saturated carbocycles. The van der Waals surface area contributed by atoms with Crippen LogP contribution in [0.3, 0.4) is 0 Å². The van der Waals surface area contributed by atoms with E-state index in [9.17, 15) is 9.59 Å². The van der Waals surface area contributed by atoms with Crippen LogP contribution in [-0.2, 0) is 6.54 Å². The van der Waals surface area contributed by atoms with Gasteiger partial charge in [-0.05, 0) is 43.9 Å². The molecule has 0 aliphatic carbocycles. The molecule has 26 heavy (non-hydrogen) atoms. The summed E-state index contributed by atoms with van der Waals surface area (Å²) in [4.78, 5) is 30.5. The van der Waals surface area contributed by atoms with Crippen LogP contribution in [0.15, 0.2) is 53.6 Å². The highest BCUT2D eigenvalue weighted by molar-refractivity contribution is 5.95. The minimum absolute atomic E-state index is 0.0852. The lowest BCUT2D eigenvalue weighted by molar-refractivity contribution is 0.0588. The second-order valence-electron chi connectivity index (χ2n) is 6.80. The molecule has 0 bridgehead atoms. The number of nitrogens with zero attached hydrogens (tertiary/aromatic N) is 3. The van der Waals surface area contributed by atoms with E-state index in [0.717, 1.165) is 38.8 Å². The Morgan fingerprint density at radius 3 is 2.96 bits per heavy atom. The highest BCUT2D eigenvalue weighted by atomic mass is 16.2. The van der Waals surface area contributed by atoms with Gasteiger partial charge in [0.2, 0.25) is 0 Å². The van der Waals surface area contributed by atoms with Gasteiger partial charge in [-0.1, -0.05) is 12.1 Å². The maximum Gasteiger partial charge on any atom is 0.270 e. The molecule has 4 rings (SSSR count). The zero-order valence-electron chi connectivity index (χ0n) is 14.6. The van der Waals surface area contributed by atoms with Gasteiger partial charge >= 0.3 is 0 Å². The zero-order valence-corrected chi connectivity index (χ0v) is 14.6. The summed E-state index contributed by atoms with van der Waals surface area (Å²) in [5, 5.41) is 4.85. The lowest BCUT2D eigenvalue weighted by Crippen LogP contribution is -2.44. The van der Waals surface area contributed by atoms with Gasteiger partial charge in [0.1, 0.15) is 5.69 Å². The summed E-state index contributed by atoms with van der Waals surface area (Å²) in [6.07, 6.45) is 7.69. The Labute approximate surface area is 151 Å². The lowest BCUT2D eigenvalue weighted by atomic mass is 9.98. The Morgan fingerprint density at radius 1 is 1.23 bits per heavy atom. The van der Waals surface area contributed by atoms with Gasteiger partial charge in [0.15, 0.2) is 5.43 Å². The van der Waals surface area contributed by atoms with Crippen LogP contribution in [0.1, 0.15) is 36.2 Å². The van der Waals surface area contributed by atoms with E-state index in [1.165, 1.54) is 6.07 Å². The molecule has 134 valence electrons. The number of pyridine rings is 1. The highest BCUT2D eigenvalue weighted by Gasteiger charge is 2.28. The number of amides is 1. The fraction of sp³-hybridized carbons (Fsp3) is 0.350. The number of hydrogen-bond acceptors (Lipinski definition) is 3. The number of aromatic nitrogens is 3. The van der Waals surface area contributed by atoms with Crippen LogP contribution in [0.2, 0.25) is 0 Å². The van der Waals surface area contributed by atoms with Crippen LogP contribution in [0.5, 0.6) is 0 Å². The van der Waals surface area contributed by atoms with E-state index in [1.807, 2.05) is 40.0 Å². The first-order valence-corrected chi connectivity index (χ1v) is 9.13. The minimum atomic E-state index is -0.118. The predicted octanol–water partition coefficient (Wildman–Crippen LogP) is 2.81. The number of piperidine rings is 1. The first-order chi connectivity index (χ1) is 12.7. The average molecular weight is 350 g/mol. The SMILES string of the molecule is O=C(c1cc(=O)c2ccccc2[nH]1)N1CCCC[C@H]1CCn1cccn1. The van der Waals surface area contributed by atoms with Gasteiger partial charge in [-0.2, -0.15) is 5.10 Å². The molecule has 1 fully saturated rings. The third-order valence-electron chi connectivity index (χ3n) is 5.11. The predicted molar refractivity (Wildman–Crippen MR) is 100 cm³/mol. The van der Waals surface area contributed by atoms with Crippen molar-refractivity contribution in [1.29, 1.82) is 0 Å². The second kappa shape index (κ2) is 7.15. The van der Waals surface area contributed by atoms with E-state index in [-0.39, 0.29) is 17.4 Å². The quantitative estimate of drug-likeness (QED) is 0.786. The van der Waals surface area contributed by atoms with Gasteiger partial charge in [-0.25, -0.2) is 0 Å². The van der Waals surface area contributed by atoms with Crippen molar-refractivity contribution in [2.45, 2.75) is 38.3 Å². The van der Waals surface area contributed by atoms with Crippen LogP contribution < -0.4 is 5.43 Å². The number of aryl methyl sites for hydroxylation is 1. The molecule has 0 spiro atoms. The van der Waals surface area contributed by atoms with Crippen molar-refractivity contribution in [3.05, 3.63) is 64.7 Å². The monoisotopic (exact) mass is 350 g/mol. The number of aromatic amines is 1. The fourth-order valence-electron chi connectivity index (χ4n) is 3.75. The van der Waals surface area contributed by atoms with Crippen molar-refractivity contribution in [3.8, 4) is 0 Å². The molecule has 1 aromatic carbocycles. The number of carbonyl (C=O) groups excluding carboxylic acids is 1. The Balaban J connectivity index is 1.57. The van der Waals surface area contributed by atoms with Gasteiger partial charge in [-0.3, -0.25) is 14.3 Å². The molecule has 1 N–H and O–H groups in total. The molecule has 6 nitrogen and oxygen atoms in total. The largest absolute Gasteiger partial charge is 0.350 e. The first kappa shape index (κ1) is 16.6. The Hall–Kier alpha value is -2.89. The van der Waals surface area contributed by atoms with Crippen LogP contribution >= 0.6 is 0 Å². The summed E-state index contributed by atoms with van der Waals surface area (Å²) >= 11 is 0. The molecule has 2 aromatic heterocycles. The smallest absolute Gasteiger partial charge is 0.270 e. The van der Waals surface area contributed by atoms with Crippen molar-refractivity contribution in [2.24, 2.45) is 0 Å². The molecular formula is C20H22N4O2. The molecule has 0 unspecified atom stereocenters. The van der Waals surface area contributed by atoms with Crippen molar-refractivity contribution < 1.29 is 4.79 Å². The number of nitrogens with one attached hydrogen (secondary N) is 1. The Kier molecular flexibility index (Phi) is 4.56. The van der Waals surface area contributed by atoms with Crippen molar-refractivity contribution >= 4 is 16.8 Å². The highest BCUT2D eigenvalue weighted by Crippen LogP contribution is 2.22. The number of rotatable bonds is 4. The number of hydrogen-bond donors (Lipinski definition) is 1. The van der Waals surface area contributed by atoms with E-state index in [1.54, 1.807) is 12.3 Å². The van der Waals surface area contributed by atoms with E-state index >= 15 is 0 Å². The molecule has 1 amide bonds. The summed E-state index contributed by atoms with van der Waals surface area (Å²) in [6.45, 7) is 1.52. The van der Waals surface area contributed by atoms with Gasteiger partial charge < -0.3 is 9.88 Å². The van der Waals surface area contributed by atoms with Gasteiger partial charge in [-0.15, -0.1) is 0 Å². The first-order valence-electron chi connectivity index (χ1n) is 9.13. The minimum Gasteiger partial charge on any atom is -0.350 e. The summed E-state index contributed by atoms with van der Waals surface area (Å²) in [7, 11) is 0. The molecule has 3 aromatic rings. The summed E-state index contributed by atoms with van der Waals surface area (Å²) in [6, 6.07) is 10.8. The van der Waals surface area contributed by atoms with Crippen molar-refractivity contribution in [3.63, 3.8) is 0 Å². The molecule has 1 saturated heterocycles. The molecule has 3 heterocycles. The third kappa shape index (κ3) is 3.27. The summed E-state index contributed by atoms with van der Waals surface area (Å²) in [5.41, 5.74) is 0.959. The third-order valence-corrected chi connectivity index (χ3v) is 5.11. The Morgan fingerprint density at radius 2 is 2.12 bits per heavy atom. The average Bonchev–Trinajstić information content (AvgIpc) is 3.20. The zero-order chi connectivity index (χ0) is 17.9. The van der Waals surface area contributed by atoms with E-state index < -0.39 is 0 Å². The molecule has 1 aliphatic heterocycles. The summed E-state index contributed by atoms with van der Waals surface area (Å²) in [5.74, 6) is -0.0852. The normalized spacial score (nSPS) is 17.5. The van der Waals surface area contributed by atoms with Crippen LogP contribution in [0.25, 0.3) is 10.9 Å².